The number of H-pyrrole nitrogens is 1. The lowest BCUT2D eigenvalue weighted by molar-refractivity contribution is -0.120. The van der Waals surface area contributed by atoms with Crippen LogP contribution in [-0.2, 0) is 17.8 Å². The summed E-state index contributed by atoms with van der Waals surface area (Å²) in [6, 6.07) is 6.05. The smallest absolute Gasteiger partial charge is 0.264 e. The first-order valence-corrected chi connectivity index (χ1v) is 10.7. The molecule has 2 aromatic heterocycles. The number of benzene rings is 1. The first-order chi connectivity index (χ1) is 15.5. The van der Waals surface area contributed by atoms with E-state index in [4.69, 9.17) is 11.6 Å². The van der Waals surface area contributed by atoms with Gasteiger partial charge < -0.3 is 5.11 Å². The van der Waals surface area contributed by atoms with Gasteiger partial charge in [0.2, 0.25) is 5.91 Å². The van der Waals surface area contributed by atoms with Crippen LogP contribution >= 0.6 is 11.6 Å². The molecule has 1 aliphatic heterocycles. The van der Waals surface area contributed by atoms with E-state index in [1.165, 1.54) is 23.4 Å². The number of aromatic amines is 1. The fraction of sp³-hybridized carbons (Fsp3) is 0.364. The van der Waals surface area contributed by atoms with Crippen molar-refractivity contribution in [3.05, 3.63) is 58.4 Å². The highest BCUT2D eigenvalue weighted by Gasteiger charge is 2.36. The van der Waals surface area contributed by atoms with Crippen LogP contribution in [-0.4, -0.2) is 38.0 Å². The van der Waals surface area contributed by atoms with Crippen molar-refractivity contribution in [2.45, 2.75) is 39.7 Å². The van der Waals surface area contributed by atoms with Crippen molar-refractivity contribution in [1.29, 1.82) is 0 Å². The fourth-order valence-corrected chi connectivity index (χ4v) is 3.95. The van der Waals surface area contributed by atoms with Crippen LogP contribution in [0, 0.1) is 5.92 Å². The Kier molecular flexibility index (Phi) is 7.87. The number of anilines is 1. The second kappa shape index (κ2) is 10.6. The van der Waals surface area contributed by atoms with Gasteiger partial charge in [0.15, 0.2) is 5.82 Å². The number of rotatable bonds is 6. The minimum Gasteiger partial charge on any atom is -0.391 e. The number of hydrogen-bond acceptors (Lipinski definition) is 5. The molecule has 1 atom stereocenters. The van der Waals surface area contributed by atoms with E-state index in [0.29, 0.717) is 41.2 Å². The molecule has 1 saturated heterocycles. The number of aromatic nitrogens is 4. The molecule has 1 aromatic carbocycles. The predicted molar refractivity (Wildman–Crippen MR) is 117 cm³/mol. The Bertz CT molecular complexity index is 1060. The zero-order chi connectivity index (χ0) is 23.3. The van der Waals surface area contributed by atoms with Crippen LogP contribution in [0.25, 0.3) is 11.3 Å². The molecule has 7 nitrogen and oxygen atoms in total. The summed E-state index contributed by atoms with van der Waals surface area (Å²) in [7, 11) is 0. The summed E-state index contributed by atoms with van der Waals surface area (Å²) in [5, 5.41) is 24.7. The molecule has 2 N–H and O–H groups in total. The summed E-state index contributed by atoms with van der Waals surface area (Å²) in [4.78, 5) is 14.5. The molecule has 1 unspecified atom stereocenters. The average molecular weight is 464 g/mol. The Balaban J connectivity index is 0.00000141. The second-order valence-electron chi connectivity index (χ2n) is 7.01. The molecule has 32 heavy (non-hydrogen) atoms. The number of aliphatic hydroxyl groups excluding tert-OH is 1. The van der Waals surface area contributed by atoms with Gasteiger partial charge in [-0.25, -0.2) is 8.78 Å². The number of halogens is 3. The van der Waals surface area contributed by atoms with Gasteiger partial charge >= 0.3 is 0 Å². The van der Waals surface area contributed by atoms with Gasteiger partial charge in [0.05, 0.1) is 24.7 Å². The van der Waals surface area contributed by atoms with Gasteiger partial charge in [0.25, 0.3) is 6.43 Å². The number of hydrogen-bond donors (Lipinski definition) is 2. The largest absolute Gasteiger partial charge is 0.391 e. The highest BCUT2D eigenvalue weighted by molar-refractivity contribution is 6.30. The SMILES string of the molecule is CC.O=C1C(Cc2ccc(Cl)cc2C(F)F)CCN1c1n[nH]c(-c2ccnnc2)c1CO. The minimum absolute atomic E-state index is 0.156. The van der Waals surface area contributed by atoms with Crippen molar-refractivity contribution >= 4 is 23.3 Å². The van der Waals surface area contributed by atoms with E-state index < -0.39 is 12.3 Å². The fourth-order valence-electron chi connectivity index (χ4n) is 3.76. The molecule has 0 saturated carbocycles. The maximum absolute atomic E-state index is 13.4. The summed E-state index contributed by atoms with van der Waals surface area (Å²) in [5.74, 6) is -0.342. The van der Waals surface area contributed by atoms with Crippen molar-refractivity contribution in [3.63, 3.8) is 0 Å². The van der Waals surface area contributed by atoms with E-state index >= 15 is 0 Å². The molecular weight excluding hydrogens is 440 g/mol. The standard InChI is InChI=1S/C20H18ClF2N5O2.C2H6/c21-14-2-1-11(15(8-14)18(22)23)7-12-4-6-28(20(12)30)19-16(10-29)17(26-27-19)13-3-5-24-25-9-13;1-2/h1-3,5,8-9,12,18,29H,4,6-7,10H2,(H,26,27);1-2H3. The number of carbonyl (C=O) groups is 1. The average Bonchev–Trinajstić information content (AvgIpc) is 3.40. The summed E-state index contributed by atoms with van der Waals surface area (Å²) < 4.78 is 26.8. The summed E-state index contributed by atoms with van der Waals surface area (Å²) in [5.41, 5.74) is 1.95. The molecule has 170 valence electrons. The highest BCUT2D eigenvalue weighted by Crippen LogP contribution is 2.35. The molecule has 3 aromatic rings. The third kappa shape index (κ3) is 4.78. The Morgan fingerprint density at radius 1 is 1.28 bits per heavy atom. The van der Waals surface area contributed by atoms with Crippen LogP contribution in [0.4, 0.5) is 14.6 Å². The molecule has 1 fully saturated rings. The van der Waals surface area contributed by atoms with Crippen molar-refractivity contribution in [2.75, 3.05) is 11.4 Å². The van der Waals surface area contributed by atoms with Crippen LogP contribution < -0.4 is 4.90 Å². The third-order valence-electron chi connectivity index (χ3n) is 5.26. The second-order valence-corrected chi connectivity index (χ2v) is 7.45. The molecule has 0 aliphatic carbocycles. The third-order valence-corrected chi connectivity index (χ3v) is 5.49. The number of nitrogens with one attached hydrogen (secondary N) is 1. The molecule has 0 bridgehead atoms. The lowest BCUT2D eigenvalue weighted by atomic mass is 9.94. The molecule has 10 heteroatoms. The van der Waals surface area contributed by atoms with Gasteiger partial charge in [-0.3, -0.25) is 14.8 Å². The first-order valence-electron chi connectivity index (χ1n) is 10.3. The topological polar surface area (TPSA) is 95.0 Å². The Labute approximate surface area is 189 Å². The van der Waals surface area contributed by atoms with Gasteiger partial charge in [-0.05, 0) is 36.6 Å². The molecule has 0 spiro atoms. The van der Waals surface area contributed by atoms with Crippen LogP contribution in [0.15, 0.2) is 36.7 Å². The number of carbonyl (C=O) groups excluding carboxylic acids is 1. The zero-order valence-corrected chi connectivity index (χ0v) is 18.5. The van der Waals surface area contributed by atoms with E-state index in [2.05, 4.69) is 20.4 Å². The quantitative estimate of drug-likeness (QED) is 0.558. The number of aliphatic hydroxyl groups is 1. The molecule has 4 rings (SSSR count). The summed E-state index contributed by atoms with van der Waals surface area (Å²) in [6.45, 7) is 4.05. The van der Waals surface area contributed by atoms with E-state index in [9.17, 15) is 18.7 Å². The van der Waals surface area contributed by atoms with Gasteiger partial charge in [-0.2, -0.15) is 15.3 Å². The molecular formula is C22H24ClF2N5O2. The Morgan fingerprint density at radius 3 is 2.72 bits per heavy atom. The maximum atomic E-state index is 13.4. The Hall–Kier alpha value is -2.91. The summed E-state index contributed by atoms with van der Waals surface area (Å²) in [6.07, 6.45) is 1.05. The van der Waals surface area contributed by atoms with Gasteiger partial charge in [0, 0.05) is 34.2 Å². The normalized spacial score (nSPS) is 15.8. The van der Waals surface area contributed by atoms with Gasteiger partial charge in [-0.15, -0.1) is 0 Å². The van der Waals surface area contributed by atoms with Crippen LogP contribution in [0.3, 0.4) is 0 Å². The van der Waals surface area contributed by atoms with E-state index in [1.807, 2.05) is 13.8 Å². The predicted octanol–water partition coefficient (Wildman–Crippen LogP) is 4.57. The van der Waals surface area contributed by atoms with E-state index in [0.717, 1.165) is 0 Å². The molecule has 1 aliphatic rings. The molecule has 0 radical (unpaired) electrons. The first kappa shape index (κ1) is 23.7. The highest BCUT2D eigenvalue weighted by atomic mass is 35.5. The molecule has 3 heterocycles. The summed E-state index contributed by atoms with van der Waals surface area (Å²) >= 11 is 5.84. The van der Waals surface area contributed by atoms with E-state index in [1.54, 1.807) is 18.2 Å². The maximum Gasteiger partial charge on any atom is 0.264 e. The van der Waals surface area contributed by atoms with Crippen molar-refractivity contribution in [3.8, 4) is 11.3 Å². The lowest BCUT2D eigenvalue weighted by Gasteiger charge is -2.16. The Morgan fingerprint density at radius 2 is 2.06 bits per heavy atom. The van der Waals surface area contributed by atoms with Gasteiger partial charge in [-0.1, -0.05) is 31.5 Å². The monoisotopic (exact) mass is 463 g/mol. The number of alkyl halides is 2. The van der Waals surface area contributed by atoms with E-state index in [-0.39, 0.29) is 29.5 Å². The zero-order valence-electron chi connectivity index (χ0n) is 17.7. The lowest BCUT2D eigenvalue weighted by Crippen LogP contribution is -2.29. The van der Waals surface area contributed by atoms with Crippen molar-refractivity contribution < 1.29 is 18.7 Å². The van der Waals surface area contributed by atoms with Crippen LogP contribution in [0.1, 0.15) is 43.4 Å². The van der Waals surface area contributed by atoms with Crippen molar-refractivity contribution in [2.24, 2.45) is 5.92 Å². The van der Waals surface area contributed by atoms with Gasteiger partial charge in [0.1, 0.15) is 0 Å². The van der Waals surface area contributed by atoms with Crippen molar-refractivity contribution in [1.82, 2.24) is 20.4 Å². The number of amides is 1. The van der Waals surface area contributed by atoms with Crippen LogP contribution in [0.5, 0.6) is 0 Å². The van der Waals surface area contributed by atoms with Crippen LogP contribution in [0.2, 0.25) is 5.02 Å². The molecule has 1 amide bonds. The minimum atomic E-state index is -2.67. The number of nitrogens with zero attached hydrogens (tertiary/aromatic N) is 4.